The zero-order valence-corrected chi connectivity index (χ0v) is 11.4. The lowest BCUT2D eigenvalue weighted by atomic mass is 10.0. The SMILES string of the molecule is CCc1nc2cc[nH]n2c(=O)c1Cc1cc(F)cc(F)c1. The minimum atomic E-state index is -0.655. The van der Waals surface area contributed by atoms with Crippen molar-refractivity contribution in [2.24, 2.45) is 0 Å². The van der Waals surface area contributed by atoms with Gasteiger partial charge in [0.05, 0.1) is 5.69 Å². The highest BCUT2D eigenvalue weighted by Gasteiger charge is 2.13. The average molecular weight is 289 g/mol. The van der Waals surface area contributed by atoms with E-state index in [-0.39, 0.29) is 12.0 Å². The number of hydrogen-bond donors (Lipinski definition) is 1. The lowest BCUT2D eigenvalue weighted by Crippen LogP contribution is -2.23. The van der Waals surface area contributed by atoms with Gasteiger partial charge in [0.2, 0.25) is 0 Å². The Kier molecular flexibility index (Phi) is 3.29. The van der Waals surface area contributed by atoms with Gasteiger partial charge in [0.25, 0.3) is 5.56 Å². The number of aromatic nitrogens is 3. The van der Waals surface area contributed by atoms with Crippen LogP contribution in [0.2, 0.25) is 0 Å². The molecule has 1 aromatic carbocycles. The number of rotatable bonds is 3. The van der Waals surface area contributed by atoms with Crippen LogP contribution in [0.25, 0.3) is 5.65 Å². The van der Waals surface area contributed by atoms with Crippen molar-refractivity contribution in [1.82, 2.24) is 14.6 Å². The highest BCUT2D eigenvalue weighted by molar-refractivity contribution is 5.40. The molecule has 0 bridgehead atoms. The molecule has 0 aliphatic carbocycles. The number of aryl methyl sites for hydroxylation is 1. The molecule has 2 heterocycles. The third-order valence-corrected chi connectivity index (χ3v) is 3.36. The van der Waals surface area contributed by atoms with Crippen molar-refractivity contribution in [2.75, 3.05) is 0 Å². The highest BCUT2D eigenvalue weighted by atomic mass is 19.1. The van der Waals surface area contributed by atoms with Crippen LogP contribution in [0.15, 0.2) is 35.3 Å². The van der Waals surface area contributed by atoms with Gasteiger partial charge >= 0.3 is 0 Å². The maximum absolute atomic E-state index is 13.3. The number of nitrogens with zero attached hydrogens (tertiary/aromatic N) is 2. The van der Waals surface area contributed by atoms with Gasteiger partial charge in [-0.25, -0.2) is 18.3 Å². The van der Waals surface area contributed by atoms with Gasteiger partial charge in [-0.1, -0.05) is 6.92 Å². The molecule has 0 fully saturated rings. The van der Waals surface area contributed by atoms with Crippen LogP contribution in [0.3, 0.4) is 0 Å². The molecular weight excluding hydrogens is 276 g/mol. The monoisotopic (exact) mass is 289 g/mol. The van der Waals surface area contributed by atoms with Gasteiger partial charge in [0.1, 0.15) is 11.6 Å². The van der Waals surface area contributed by atoms with E-state index in [9.17, 15) is 13.6 Å². The minimum absolute atomic E-state index is 0.144. The summed E-state index contributed by atoms with van der Waals surface area (Å²) in [6, 6.07) is 4.97. The Morgan fingerprint density at radius 1 is 1.24 bits per heavy atom. The Hall–Kier alpha value is -2.50. The molecule has 3 rings (SSSR count). The van der Waals surface area contributed by atoms with Gasteiger partial charge in [-0.15, -0.1) is 0 Å². The van der Waals surface area contributed by atoms with E-state index in [0.29, 0.717) is 28.9 Å². The molecule has 0 aliphatic rings. The zero-order chi connectivity index (χ0) is 15.0. The maximum Gasteiger partial charge on any atom is 0.276 e. The Morgan fingerprint density at radius 3 is 2.62 bits per heavy atom. The van der Waals surface area contributed by atoms with Gasteiger partial charge in [-0.3, -0.25) is 9.89 Å². The molecule has 3 aromatic rings. The van der Waals surface area contributed by atoms with Gasteiger partial charge in [0, 0.05) is 30.3 Å². The van der Waals surface area contributed by atoms with Crippen molar-refractivity contribution < 1.29 is 8.78 Å². The van der Waals surface area contributed by atoms with Crippen molar-refractivity contribution in [1.29, 1.82) is 0 Å². The van der Waals surface area contributed by atoms with Crippen molar-refractivity contribution in [2.45, 2.75) is 19.8 Å². The van der Waals surface area contributed by atoms with Crippen molar-refractivity contribution in [3.05, 3.63) is 69.3 Å². The second kappa shape index (κ2) is 5.12. The second-order valence-electron chi connectivity index (χ2n) is 4.81. The van der Waals surface area contributed by atoms with Crippen LogP contribution in [0.1, 0.15) is 23.7 Å². The number of fused-ring (bicyclic) bond motifs is 1. The third-order valence-electron chi connectivity index (χ3n) is 3.36. The fourth-order valence-corrected chi connectivity index (χ4v) is 2.43. The summed E-state index contributed by atoms with van der Waals surface area (Å²) in [5.74, 6) is -1.31. The van der Waals surface area contributed by atoms with Gasteiger partial charge in [-0.05, 0) is 24.1 Å². The van der Waals surface area contributed by atoms with E-state index in [1.165, 1.54) is 16.6 Å². The van der Waals surface area contributed by atoms with Crippen LogP contribution < -0.4 is 5.56 Å². The number of hydrogen-bond acceptors (Lipinski definition) is 2. The Morgan fingerprint density at radius 2 is 1.95 bits per heavy atom. The molecule has 0 aliphatic heterocycles. The van der Waals surface area contributed by atoms with Crippen LogP contribution in [-0.4, -0.2) is 14.6 Å². The van der Waals surface area contributed by atoms with Gasteiger partial charge < -0.3 is 0 Å². The van der Waals surface area contributed by atoms with Crippen LogP contribution in [0.5, 0.6) is 0 Å². The summed E-state index contributed by atoms with van der Waals surface area (Å²) >= 11 is 0. The summed E-state index contributed by atoms with van der Waals surface area (Å²) in [5, 5.41) is 2.78. The van der Waals surface area contributed by atoms with Crippen LogP contribution in [-0.2, 0) is 12.8 Å². The first-order valence-electron chi connectivity index (χ1n) is 6.61. The largest absolute Gasteiger partial charge is 0.297 e. The molecule has 0 radical (unpaired) electrons. The summed E-state index contributed by atoms with van der Waals surface area (Å²) in [4.78, 5) is 16.8. The summed E-state index contributed by atoms with van der Waals surface area (Å²) in [5.41, 5.74) is 1.79. The van der Waals surface area contributed by atoms with E-state index in [1.807, 2.05) is 6.92 Å². The number of benzene rings is 1. The number of H-pyrrole nitrogens is 1. The van der Waals surface area contributed by atoms with Crippen LogP contribution in [0.4, 0.5) is 8.78 Å². The number of aromatic amines is 1. The fraction of sp³-hybridized carbons (Fsp3) is 0.200. The third kappa shape index (κ3) is 2.44. The first-order valence-corrected chi connectivity index (χ1v) is 6.61. The van der Waals surface area contributed by atoms with E-state index in [0.717, 1.165) is 6.07 Å². The van der Waals surface area contributed by atoms with Crippen molar-refractivity contribution in [3.63, 3.8) is 0 Å². The lowest BCUT2D eigenvalue weighted by Gasteiger charge is -2.08. The normalized spacial score (nSPS) is 11.2. The van der Waals surface area contributed by atoms with E-state index in [4.69, 9.17) is 0 Å². The smallest absolute Gasteiger partial charge is 0.276 e. The number of halogens is 2. The molecule has 0 saturated heterocycles. The Labute approximate surface area is 119 Å². The molecule has 0 atom stereocenters. The lowest BCUT2D eigenvalue weighted by molar-refractivity contribution is 0.580. The van der Waals surface area contributed by atoms with Crippen molar-refractivity contribution >= 4 is 5.65 Å². The molecule has 0 amide bonds. The Bertz CT molecular complexity index is 847. The molecular formula is C15H13F2N3O. The summed E-state index contributed by atoms with van der Waals surface area (Å²) < 4.78 is 27.9. The van der Waals surface area contributed by atoms with Gasteiger partial charge in [-0.2, -0.15) is 0 Å². The molecule has 0 spiro atoms. The Balaban J connectivity index is 2.14. The zero-order valence-electron chi connectivity index (χ0n) is 11.4. The van der Waals surface area contributed by atoms with E-state index in [2.05, 4.69) is 10.1 Å². The molecule has 0 saturated carbocycles. The van der Waals surface area contributed by atoms with Crippen LogP contribution >= 0.6 is 0 Å². The molecule has 4 nitrogen and oxygen atoms in total. The predicted molar refractivity (Wildman–Crippen MR) is 74.4 cm³/mol. The summed E-state index contributed by atoms with van der Waals surface area (Å²) in [6.45, 7) is 1.89. The standard InChI is InChI=1S/C15H13F2N3O/c1-2-13-12(7-9-5-10(16)8-11(17)6-9)15(21)20-14(19-13)3-4-18-20/h3-6,8,18H,2,7H2,1H3. The molecule has 6 heteroatoms. The van der Waals surface area contributed by atoms with Gasteiger partial charge in [0.15, 0.2) is 5.65 Å². The minimum Gasteiger partial charge on any atom is -0.297 e. The first kappa shape index (κ1) is 13.5. The van der Waals surface area contributed by atoms with Crippen LogP contribution in [0, 0.1) is 11.6 Å². The molecule has 0 unspecified atom stereocenters. The van der Waals surface area contributed by atoms with E-state index < -0.39 is 11.6 Å². The van der Waals surface area contributed by atoms with E-state index >= 15 is 0 Å². The first-order chi connectivity index (χ1) is 10.1. The average Bonchev–Trinajstić information content (AvgIpc) is 2.89. The summed E-state index contributed by atoms with van der Waals surface area (Å²) in [6.07, 6.45) is 2.34. The topological polar surface area (TPSA) is 50.2 Å². The maximum atomic E-state index is 13.3. The van der Waals surface area contributed by atoms with E-state index in [1.54, 1.807) is 12.3 Å². The highest BCUT2D eigenvalue weighted by Crippen LogP contribution is 2.14. The number of nitrogens with one attached hydrogen (secondary N) is 1. The second-order valence-corrected chi connectivity index (χ2v) is 4.81. The molecule has 1 N–H and O–H groups in total. The van der Waals surface area contributed by atoms with Crippen molar-refractivity contribution in [3.8, 4) is 0 Å². The summed E-state index contributed by atoms with van der Waals surface area (Å²) in [7, 11) is 0. The quantitative estimate of drug-likeness (QED) is 0.805. The molecule has 108 valence electrons. The molecule has 21 heavy (non-hydrogen) atoms. The molecule has 2 aromatic heterocycles. The predicted octanol–water partition coefficient (Wildman–Crippen LogP) is 2.45. The fourth-order valence-electron chi connectivity index (χ4n) is 2.43.